The molecule has 5 nitrogen and oxygen atoms in total. The fourth-order valence-corrected chi connectivity index (χ4v) is 3.40. The van der Waals surface area contributed by atoms with Crippen LogP contribution in [0.2, 0.25) is 0 Å². The van der Waals surface area contributed by atoms with Crippen LogP contribution in [0.1, 0.15) is 24.0 Å². The summed E-state index contributed by atoms with van der Waals surface area (Å²) in [5.41, 5.74) is 2.35. The lowest BCUT2D eigenvalue weighted by atomic mass is 9.95. The number of hydrogen-bond acceptors (Lipinski definition) is 3. The summed E-state index contributed by atoms with van der Waals surface area (Å²) in [6.07, 6.45) is 1.87. The summed E-state index contributed by atoms with van der Waals surface area (Å²) in [5, 5.41) is 0. The monoisotopic (exact) mass is 316 g/mol. The van der Waals surface area contributed by atoms with Crippen LogP contribution in [-0.4, -0.2) is 54.4 Å². The van der Waals surface area contributed by atoms with Crippen molar-refractivity contribution in [3.05, 3.63) is 29.3 Å². The molecule has 0 aromatic heterocycles. The van der Waals surface area contributed by atoms with Crippen LogP contribution in [0.5, 0.6) is 5.75 Å². The van der Waals surface area contributed by atoms with Crippen molar-refractivity contribution >= 4 is 11.8 Å². The predicted molar refractivity (Wildman–Crippen MR) is 87.3 cm³/mol. The number of amides is 2. The molecule has 0 N–H and O–H groups in total. The average Bonchev–Trinajstić information content (AvgIpc) is 2.82. The minimum atomic E-state index is -0.0516. The van der Waals surface area contributed by atoms with Crippen molar-refractivity contribution in [1.29, 1.82) is 0 Å². The molecule has 2 amide bonds. The Bertz CT molecular complexity index is 629. The van der Waals surface area contributed by atoms with Gasteiger partial charge in [-0.1, -0.05) is 6.07 Å². The highest BCUT2D eigenvalue weighted by Crippen LogP contribution is 2.28. The number of hydrogen-bond donors (Lipinski definition) is 0. The van der Waals surface area contributed by atoms with Crippen molar-refractivity contribution < 1.29 is 14.3 Å². The van der Waals surface area contributed by atoms with Crippen LogP contribution in [0.3, 0.4) is 0 Å². The van der Waals surface area contributed by atoms with Gasteiger partial charge in [-0.15, -0.1) is 0 Å². The number of fused-ring (bicyclic) bond motifs is 4. The van der Waals surface area contributed by atoms with Crippen molar-refractivity contribution in [2.24, 2.45) is 5.92 Å². The molecule has 0 unspecified atom stereocenters. The first kappa shape index (κ1) is 15.8. The van der Waals surface area contributed by atoms with Crippen molar-refractivity contribution in [3.63, 3.8) is 0 Å². The van der Waals surface area contributed by atoms with Crippen LogP contribution in [0.4, 0.5) is 0 Å². The van der Waals surface area contributed by atoms with Crippen molar-refractivity contribution in [3.8, 4) is 5.75 Å². The molecule has 0 saturated carbocycles. The van der Waals surface area contributed by atoms with E-state index in [-0.39, 0.29) is 30.4 Å². The number of benzene rings is 1. The highest BCUT2D eigenvalue weighted by atomic mass is 16.5. The first-order valence-corrected chi connectivity index (χ1v) is 8.20. The van der Waals surface area contributed by atoms with Gasteiger partial charge in [-0.25, -0.2) is 0 Å². The Morgan fingerprint density at radius 2 is 2.00 bits per heavy atom. The fourth-order valence-electron chi connectivity index (χ4n) is 3.40. The highest BCUT2D eigenvalue weighted by molar-refractivity contribution is 5.83. The third-order valence-corrected chi connectivity index (χ3v) is 5.16. The molecule has 3 aliphatic rings. The molecule has 1 aromatic carbocycles. The fraction of sp³-hybridized carbons (Fsp3) is 0.556. The standard InChI is InChI=1S/C18H24N2O3/c1-12-4-7-16(8-13(12)2)23-11-17(21)20-9-14-5-6-15(10-20)19(3)18(14)22/h4,7-8,14-15H,5-6,9-11H2,1-3H3/t14-,15+/m0/s1. The number of ether oxygens (including phenoxy) is 1. The summed E-state index contributed by atoms with van der Waals surface area (Å²) < 4.78 is 5.65. The Morgan fingerprint density at radius 1 is 1.22 bits per heavy atom. The number of rotatable bonds is 3. The number of carbonyl (C=O) groups is 2. The Balaban J connectivity index is 1.62. The number of likely N-dealkylation sites (N-methyl/N-ethyl adjacent to an activating group) is 1. The Kier molecular flexibility index (Phi) is 4.28. The first-order valence-electron chi connectivity index (χ1n) is 8.20. The normalized spacial score (nSPS) is 23.9. The molecule has 0 spiro atoms. The quantitative estimate of drug-likeness (QED) is 0.854. The second kappa shape index (κ2) is 6.22. The van der Waals surface area contributed by atoms with Crippen molar-refractivity contribution in [2.45, 2.75) is 32.7 Å². The summed E-state index contributed by atoms with van der Waals surface area (Å²) >= 11 is 0. The van der Waals surface area contributed by atoms with Gasteiger partial charge in [0.05, 0.1) is 5.92 Å². The van der Waals surface area contributed by atoms with Gasteiger partial charge in [-0.3, -0.25) is 9.59 Å². The van der Waals surface area contributed by atoms with Gasteiger partial charge in [0.2, 0.25) is 5.91 Å². The maximum Gasteiger partial charge on any atom is 0.260 e. The minimum absolute atomic E-state index is 0.0276. The molecule has 124 valence electrons. The number of nitrogens with zero attached hydrogens (tertiary/aromatic N) is 2. The molecule has 5 heteroatoms. The Labute approximate surface area is 137 Å². The Hall–Kier alpha value is -2.04. The summed E-state index contributed by atoms with van der Waals surface area (Å²) in [7, 11) is 1.85. The van der Waals surface area contributed by atoms with Crippen LogP contribution >= 0.6 is 0 Å². The minimum Gasteiger partial charge on any atom is -0.484 e. The van der Waals surface area contributed by atoms with Gasteiger partial charge in [0, 0.05) is 26.2 Å². The molecule has 3 aliphatic heterocycles. The second-order valence-corrected chi connectivity index (χ2v) is 6.71. The van der Waals surface area contributed by atoms with Crippen LogP contribution < -0.4 is 4.74 Å². The third-order valence-electron chi connectivity index (χ3n) is 5.16. The van der Waals surface area contributed by atoms with E-state index in [1.165, 1.54) is 5.56 Å². The molecule has 0 radical (unpaired) electrons. The largest absolute Gasteiger partial charge is 0.484 e. The van der Waals surface area contributed by atoms with E-state index in [1.54, 1.807) is 4.90 Å². The van der Waals surface area contributed by atoms with E-state index in [1.807, 2.05) is 44.0 Å². The maximum atomic E-state index is 12.5. The van der Waals surface area contributed by atoms with E-state index < -0.39 is 0 Å². The lowest BCUT2D eigenvalue weighted by Crippen LogP contribution is -2.45. The maximum absolute atomic E-state index is 12.5. The zero-order valence-electron chi connectivity index (χ0n) is 14.0. The lowest BCUT2D eigenvalue weighted by Gasteiger charge is -2.32. The number of piperidine rings is 1. The average molecular weight is 316 g/mol. The molecule has 0 aliphatic carbocycles. The smallest absolute Gasteiger partial charge is 0.260 e. The second-order valence-electron chi connectivity index (χ2n) is 6.71. The van der Waals surface area contributed by atoms with Crippen molar-refractivity contribution in [1.82, 2.24) is 9.80 Å². The summed E-state index contributed by atoms with van der Waals surface area (Å²) in [6, 6.07) is 5.98. The molecule has 23 heavy (non-hydrogen) atoms. The zero-order valence-corrected chi connectivity index (χ0v) is 14.0. The van der Waals surface area contributed by atoms with E-state index in [9.17, 15) is 9.59 Å². The van der Waals surface area contributed by atoms with Gasteiger partial charge in [0.15, 0.2) is 6.61 Å². The van der Waals surface area contributed by atoms with Crippen LogP contribution in [0, 0.1) is 19.8 Å². The summed E-state index contributed by atoms with van der Waals surface area (Å²) in [4.78, 5) is 28.3. The van der Waals surface area contributed by atoms with Gasteiger partial charge >= 0.3 is 0 Å². The van der Waals surface area contributed by atoms with Gasteiger partial charge in [-0.2, -0.15) is 0 Å². The number of carbonyl (C=O) groups excluding carboxylic acids is 2. The third kappa shape index (κ3) is 3.19. The molecule has 2 atom stereocenters. The first-order chi connectivity index (χ1) is 11.0. The molecular formula is C18H24N2O3. The summed E-state index contributed by atoms with van der Waals surface area (Å²) in [5.74, 6) is 0.798. The van der Waals surface area contributed by atoms with Crippen LogP contribution in [-0.2, 0) is 9.59 Å². The molecule has 4 rings (SSSR count). The molecule has 2 bridgehead atoms. The van der Waals surface area contributed by atoms with Gasteiger partial charge in [0.1, 0.15) is 5.75 Å². The van der Waals surface area contributed by atoms with E-state index in [0.29, 0.717) is 18.8 Å². The van der Waals surface area contributed by atoms with Crippen LogP contribution in [0.15, 0.2) is 18.2 Å². The van der Waals surface area contributed by atoms with Gasteiger partial charge in [-0.05, 0) is 49.9 Å². The lowest BCUT2D eigenvalue weighted by molar-refractivity contribution is -0.138. The molecule has 3 heterocycles. The SMILES string of the molecule is Cc1ccc(OCC(=O)N2C[C@@H]3CC[C@H](C2)N(C)C3=O)cc1C. The van der Waals surface area contributed by atoms with Crippen LogP contribution in [0.25, 0.3) is 0 Å². The zero-order chi connectivity index (χ0) is 16.6. The predicted octanol–water partition coefficient (Wildman–Crippen LogP) is 1.76. The van der Waals surface area contributed by atoms with Gasteiger partial charge < -0.3 is 14.5 Å². The molecule has 3 saturated heterocycles. The number of aryl methyl sites for hydroxylation is 2. The molecular weight excluding hydrogens is 292 g/mol. The van der Waals surface area contributed by atoms with Gasteiger partial charge in [0.25, 0.3) is 5.91 Å². The van der Waals surface area contributed by atoms with E-state index in [0.717, 1.165) is 18.4 Å². The summed E-state index contributed by atoms with van der Waals surface area (Å²) in [6.45, 7) is 5.24. The van der Waals surface area contributed by atoms with E-state index in [2.05, 4.69) is 0 Å². The molecule has 3 fully saturated rings. The Morgan fingerprint density at radius 3 is 2.74 bits per heavy atom. The highest BCUT2D eigenvalue weighted by Gasteiger charge is 2.40. The van der Waals surface area contributed by atoms with E-state index in [4.69, 9.17) is 4.74 Å². The van der Waals surface area contributed by atoms with Crippen molar-refractivity contribution in [2.75, 3.05) is 26.7 Å². The molecule has 1 aromatic rings. The topological polar surface area (TPSA) is 49.9 Å². The van der Waals surface area contributed by atoms with E-state index >= 15 is 0 Å².